The lowest BCUT2D eigenvalue weighted by Gasteiger charge is -2.30. The summed E-state index contributed by atoms with van der Waals surface area (Å²) in [5, 5.41) is 10.4. The van der Waals surface area contributed by atoms with Gasteiger partial charge < -0.3 is 9.67 Å². The van der Waals surface area contributed by atoms with Crippen molar-refractivity contribution in [2.75, 3.05) is 19.6 Å². The molecular weight excluding hydrogens is 419 g/mol. The number of aliphatic hydroxyl groups excluding tert-OH is 1. The molecule has 0 bridgehead atoms. The van der Waals surface area contributed by atoms with E-state index in [1.807, 2.05) is 19.2 Å². The zero-order chi connectivity index (χ0) is 22.4. The van der Waals surface area contributed by atoms with Crippen LogP contribution in [0.2, 0.25) is 5.02 Å². The van der Waals surface area contributed by atoms with Crippen LogP contribution >= 0.6 is 11.6 Å². The van der Waals surface area contributed by atoms with Crippen molar-refractivity contribution in [1.82, 2.24) is 19.4 Å². The Labute approximate surface area is 186 Å². The quantitative estimate of drug-likeness (QED) is 0.663. The van der Waals surface area contributed by atoms with Gasteiger partial charge in [-0.2, -0.15) is 0 Å². The Bertz CT molecular complexity index is 1090. The molecule has 1 saturated heterocycles. The average molecular weight is 447 g/mol. The summed E-state index contributed by atoms with van der Waals surface area (Å²) in [6.07, 6.45) is 5.51. The van der Waals surface area contributed by atoms with Gasteiger partial charge in [-0.15, -0.1) is 0 Å². The summed E-state index contributed by atoms with van der Waals surface area (Å²) in [4.78, 5) is 22.3. The second-order valence-corrected chi connectivity index (χ2v) is 8.15. The van der Waals surface area contributed by atoms with E-state index in [0.29, 0.717) is 30.7 Å². The molecule has 4 rings (SSSR count). The first-order chi connectivity index (χ1) is 14.9. The average Bonchev–Trinajstić information content (AvgIpc) is 2.75. The number of likely N-dealkylation sites (tertiary alicyclic amines) is 1. The van der Waals surface area contributed by atoms with Crippen LogP contribution in [0, 0.1) is 12.7 Å². The zero-order valence-corrected chi connectivity index (χ0v) is 18.6. The molecule has 3 aromatic rings. The highest BCUT2D eigenvalue weighted by Gasteiger charge is 2.17. The summed E-state index contributed by atoms with van der Waals surface area (Å²) in [5.74, 6) is -0.449. The second kappa shape index (κ2) is 10.8. The number of nitrogens with zero attached hydrogens (tertiary/aromatic N) is 4. The van der Waals surface area contributed by atoms with Crippen LogP contribution in [0.1, 0.15) is 31.0 Å². The van der Waals surface area contributed by atoms with Gasteiger partial charge in [-0.3, -0.25) is 19.7 Å². The van der Waals surface area contributed by atoms with Crippen molar-refractivity contribution in [1.29, 1.82) is 0 Å². The first kappa shape index (κ1) is 23.3. The number of pyridine rings is 3. The number of halogens is 2. The SMILES string of the molecule is CCc1cnc(C)c(Cl)c1.O=c1ccc2ncc(F)cc2n1CCN1CCCC(O)C1. The third kappa shape index (κ3) is 6.32. The van der Waals surface area contributed by atoms with Crippen molar-refractivity contribution in [3.63, 3.8) is 0 Å². The van der Waals surface area contributed by atoms with Crippen LogP contribution in [0.5, 0.6) is 0 Å². The molecular formula is C23H28ClFN4O2. The van der Waals surface area contributed by atoms with E-state index in [0.717, 1.165) is 42.7 Å². The van der Waals surface area contributed by atoms with Crippen molar-refractivity contribution in [3.05, 3.63) is 69.1 Å². The van der Waals surface area contributed by atoms with Gasteiger partial charge in [-0.1, -0.05) is 18.5 Å². The van der Waals surface area contributed by atoms with Gasteiger partial charge in [0.15, 0.2) is 0 Å². The molecule has 0 saturated carbocycles. The van der Waals surface area contributed by atoms with Crippen LogP contribution in [0.15, 0.2) is 41.5 Å². The molecule has 31 heavy (non-hydrogen) atoms. The predicted octanol–water partition coefficient (Wildman–Crippen LogP) is 3.60. The van der Waals surface area contributed by atoms with Gasteiger partial charge in [0.25, 0.3) is 5.56 Å². The van der Waals surface area contributed by atoms with E-state index in [-0.39, 0.29) is 11.7 Å². The Morgan fingerprint density at radius 2 is 2.03 bits per heavy atom. The minimum absolute atomic E-state index is 0.160. The molecule has 6 nitrogen and oxygen atoms in total. The van der Waals surface area contributed by atoms with Gasteiger partial charge in [0.1, 0.15) is 5.82 Å². The molecule has 0 spiro atoms. The summed E-state index contributed by atoms with van der Waals surface area (Å²) in [5.41, 5.74) is 3.05. The second-order valence-electron chi connectivity index (χ2n) is 7.74. The molecule has 8 heteroatoms. The van der Waals surface area contributed by atoms with E-state index in [1.54, 1.807) is 10.6 Å². The predicted molar refractivity (Wildman–Crippen MR) is 121 cm³/mol. The Balaban J connectivity index is 0.000000229. The Kier molecular flexibility index (Phi) is 8.12. The number of rotatable bonds is 4. The van der Waals surface area contributed by atoms with Gasteiger partial charge in [-0.05, 0) is 50.4 Å². The van der Waals surface area contributed by atoms with Crippen LogP contribution in [-0.4, -0.2) is 50.3 Å². The molecule has 0 radical (unpaired) electrons. The minimum atomic E-state index is -0.449. The van der Waals surface area contributed by atoms with Gasteiger partial charge in [0, 0.05) is 38.0 Å². The molecule has 1 N–H and O–H groups in total. The highest BCUT2D eigenvalue weighted by Crippen LogP contribution is 2.14. The molecule has 1 atom stereocenters. The normalized spacial score (nSPS) is 16.7. The van der Waals surface area contributed by atoms with Gasteiger partial charge in [0.2, 0.25) is 0 Å². The Morgan fingerprint density at radius 3 is 2.74 bits per heavy atom. The highest BCUT2D eigenvalue weighted by molar-refractivity contribution is 6.31. The monoisotopic (exact) mass is 446 g/mol. The smallest absolute Gasteiger partial charge is 0.251 e. The minimum Gasteiger partial charge on any atom is -0.392 e. The van der Waals surface area contributed by atoms with E-state index in [1.165, 1.54) is 17.7 Å². The van der Waals surface area contributed by atoms with E-state index < -0.39 is 5.82 Å². The van der Waals surface area contributed by atoms with Crippen LogP contribution in [0.4, 0.5) is 4.39 Å². The van der Waals surface area contributed by atoms with Crippen molar-refractivity contribution < 1.29 is 9.50 Å². The fourth-order valence-corrected chi connectivity index (χ4v) is 3.78. The summed E-state index contributed by atoms with van der Waals surface area (Å²) in [6.45, 7) is 6.67. The van der Waals surface area contributed by atoms with E-state index in [2.05, 4.69) is 21.8 Å². The van der Waals surface area contributed by atoms with Crippen molar-refractivity contribution in [3.8, 4) is 0 Å². The first-order valence-electron chi connectivity index (χ1n) is 10.5. The maximum absolute atomic E-state index is 13.4. The number of hydrogen-bond donors (Lipinski definition) is 1. The van der Waals surface area contributed by atoms with Gasteiger partial charge >= 0.3 is 0 Å². The van der Waals surface area contributed by atoms with Crippen LogP contribution in [0.25, 0.3) is 11.0 Å². The fraction of sp³-hybridized carbons (Fsp3) is 0.435. The molecule has 4 heterocycles. The van der Waals surface area contributed by atoms with E-state index in [9.17, 15) is 14.3 Å². The molecule has 1 aliphatic heterocycles. The lowest BCUT2D eigenvalue weighted by molar-refractivity contribution is 0.0690. The van der Waals surface area contributed by atoms with Crippen molar-refractivity contribution in [2.45, 2.75) is 45.8 Å². The molecule has 0 amide bonds. The van der Waals surface area contributed by atoms with Crippen LogP contribution in [0.3, 0.4) is 0 Å². The van der Waals surface area contributed by atoms with Crippen molar-refractivity contribution in [2.24, 2.45) is 0 Å². The summed E-state index contributed by atoms with van der Waals surface area (Å²) in [7, 11) is 0. The standard InChI is InChI=1S/C15H18FN3O2.C8H10ClN/c16-11-8-14-13(17-9-11)3-4-15(21)19(14)7-6-18-5-1-2-12(20)10-18;1-3-7-4-8(9)6(2)10-5-7/h3-4,8-9,12,20H,1-2,5-7,10H2;4-5H,3H2,1-2H3. The molecule has 3 aromatic heterocycles. The molecule has 166 valence electrons. The van der Waals surface area contributed by atoms with Gasteiger partial charge in [0.05, 0.1) is 34.1 Å². The molecule has 1 aliphatic rings. The van der Waals surface area contributed by atoms with Crippen LogP contribution in [-0.2, 0) is 13.0 Å². The first-order valence-corrected chi connectivity index (χ1v) is 10.9. The fourth-order valence-electron chi connectivity index (χ4n) is 3.59. The Hall–Kier alpha value is -2.35. The summed E-state index contributed by atoms with van der Waals surface area (Å²) < 4.78 is 14.9. The number of aryl methyl sites for hydroxylation is 2. The summed E-state index contributed by atoms with van der Waals surface area (Å²) in [6, 6.07) is 6.37. The lowest BCUT2D eigenvalue weighted by Crippen LogP contribution is -2.40. The number of β-amino-alcohol motifs (C(OH)–C–C–N with tert-alkyl or cyclic N) is 1. The maximum atomic E-state index is 13.4. The lowest BCUT2D eigenvalue weighted by atomic mass is 10.1. The zero-order valence-electron chi connectivity index (χ0n) is 17.9. The maximum Gasteiger partial charge on any atom is 0.251 e. The van der Waals surface area contributed by atoms with Crippen LogP contribution < -0.4 is 5.56 Å². The third-order valence-electron chi connectivity index (χ3n) is 5.42. The Morgan fingerprint density at radius 1 is 1.23 bits per heavy atom. The van der Waals surface area contributed by atoms with Crippen molar-refractivity contribution >= 4 is 22.6 Å². The number of hydrogen-bond acceptors (Lipinski definition) is 5. The highest BCUT2D eigenvalue weighted by atomic mass is 35.5. The number of aliphatic hydroxyl groups is 1. The van der Waals surface area contributed by atoms with E-state index >= 15 is 0 Å². The topological polar surface area (TPSA) is 71.2 Å². The number of piperidine rings is 1. The summed E-state index contributed by atoms with van der Waals surface area (Å²) >= 11 is 5.83. The van der Waals surface area contributed by atoms with Gasteiger partial charge in [-0.25, -0.2) is 4.39 Å². The molecule has 1 unspecified atom stereocenters. The largest absolute Gasteiger partial charge is 0.392 e. The van der Waals surface area contributed by atoms with E-state index in [4.69, 9.17) is 11.6 Å². The molecule has 1 fully saturated rings. The molecule has 0 aromatic carbocycles. The third-order valence-corrected chi connectivity index (χ3v) is 5.80. The number of aromatic nitrogens is 3. The molecule has 0 aliphatic carbocycles. The number of fused-ring (bicyclic) bond motifs is 1.